The van der Waals surface area contributed by atoms with Gasteiger partial charge >= 0.3 is 5.97 Å². The second-order valence-corrected chi connectivity index (χ2v) is 8.95. The van der Waals surface area contributed by atoms with Crippen LogP contribution in [0.2, 0.25) is 0 Å². The highest BCUT2D eigenvalue weighted by Crippen LogP contribution is 2.36. The zero-order chi connectivity index (χ0) is 20.5. The van der Waals surface area contributed by atoms with E-state index in [2.05, 4.69) is 4.72 Å². The van der Waals surface area contributed by atoms with Crippen LogP contribution in [0.25, 0.3) is 10.4 Å². The van der Waals surface area contributed by atoms with Crippen molar-refractivity contribution in [3.63, 3.8) is 0 Å². The summed E-state index contributed by atoms with van der Waals surface area (Å²) in [5.74, 6) is -1.30. The minimum Gasteiger partial charge on any atom is -0.477 e. The Hall–Kier alpha value is -2.97. The number of aromatic carboxylic acids is 1. The van der Waals surface area contributed by atoms with Gasteiger partial charge in [-0.05, 0) is 43.2 Å². The molecule has 2 aromatic carbocycles. The van der Waals surface area contributed by atoms with E-state index >= 15 is 0 Å². The van der Waals surface area contributed by atoms with Gasteiger partial charge in [-0.1, -0.05) is 36.4 Å². The lowest BCUT2D eigenvalue weighted by atomic mass is 10.1. The number of nitrogens with one attached hydrogen (secondary N) is 1. The molecule has 144 valence electrons. The Morgan fingerprint density at radius 3 is 2.29 bits per heavy atom. The average Bonchev–Trinajstić information content (AvgIpc) is 3.05. The van der Waals surface area contributed by atoms with Crippen molar-refractivity contribution in [1.82, 2.24) is 0 Å². The van der Waals surface area contributed by atoms with Crippen LogP contribution in [0.5, 0.6) is 0 Å². The molecule has 0 aliphatic heterocycles. The third-order valence-corrected chi connectivity index (χ3v) is 6.58. The van der Waals surface area contributed by atoms with E-state index in [1.54, 1.807) is 43.3 Å². The fourth-order valence-electron chi connectivity index (χ4n) is 2.62. The van der Waals surface area contributed by atoms with Gasteiger partial charge < -0.3 is 5.11 Å². The van der Waals surface area contributed by atoms with Gasteiger partial charge in [-0.25, -0.2) is 13.2 Å². The number of carbonyl (C=O) groups is 2. The van der Waals surface area contributed by atoms with Crippen molar-refractivity contribution in [2.75, 3.05) is 4.72 Å². The highest BCUT2D eigenvalue weighted by molar-refractivity contribution is 7.92. The monoisotopic (exact) mass is 415 g/mol. The second kappa shape index (κ2) is 7.57. The lowest BCUT2D eigenvalue weighted by Crippen LogP contribution is -2.14. The number of benzene rings is 2. The maximum absolute atomic E-state index is 12.7. The lowest BCUT2D eigenvalue weighted by molar-refractivity contribution is 0.0703. The van der Waals surface area contributed by atoms with Crippen molar-refractivity contribution in [3.05, 3.63) is 70.6 Å². The molecule has 0 fully saturated rings. The Morgan fingerprint density at radius 2 is 1.71 bits per heavy atom. The van der Waals surface area contributed by atoms with Crippen molar-refractivity contribution in [2.45, 2.75) is 18.7 Å². The van der Waals surface area contributed by atoms with E-state index in [-0.39, 0.29) is 21.2 Å². The predicted molar refractivity (Wildman–Crippen MR) is 109 cm³/mol. The summed E-state index contributed by atoms with van der Waals surface area (Å²) in [6.45, 7) is 3.23. The van der Waals surface area contributed by atoms with Gasteiger partial charge in [0.2, 0.25) is 0 Å². The molecular weight excluding hydrogens is 398 g/mol. The molecule has 6 nitrogen and oxygen atoms in total. The van der Waals surface area contributed by atoms with E-state index in [1.807, 2.05) is 0 Å². The van der Waals surface area contributed by atoms with E-state index < -0.39 is 16.0 Å². The normalized spacial score (nSPS) is 11.2. The molecule has 3 aromatic rings. The summed E-state index contributed by atoms with van der Waals surface area (Å²) < 4.78 is 27.7. The van der Waals surface area contributed by atoms with E-state index in [9.17, 15) is 23.1 Å². The third kappa shape index (κ3) is 4.13. The molecule has 28 heavy (non-hydrogen) atoms. The molecule has 2 N–H and O–H groups in total. The number of aryl methyl sites for hydroxylation is 1. The van der Waals surface area contributed by atoms with Gasteiger partial charge in [-0.15, -0.1) is 11.3 Å². The van der Waals surface area contributed by atoms with Crippen LogP contribution in [-0.4, -0.2) is 25.3 Å². The number of sulfonamides is 1. The molecule has 3 rings (SSSR count). The maximum Gasteiger partial charge on any atom is 0.348 e. The number of carboxylic acids is 1. The van der Waals surface area contributed by atoms with Gasteiger partial charge in [-0.2, -0.15) is 0 Å². The summed E-state index contributed by atoms with van der Waals surface area (Å²) >= 11 is 0.963. The van der Waals surface area contributed by atoms with E-state index in [0.717, 1.165) is 16.9 Å². The molecule has 8 heteroatoms. The topological polar surface area (TPSA) is 101 Å². The molecular formula is C20H17NO5S2. The van der Waals surface area contributed by atoms with Crippen LogP contribution in [-0.2, 0) is 10.0 Å². The largest absolute Gasteiger partial charge is 0.477 e. The van der Waals surface area contributed by atoms with Crippen molar-refractivity contribution in [3.8, 4) is 10.4 Å². The highest BCUT2D eigenvalue weighted by atomic mass is 32.2. The highest BCUT2D eigenvalue weighted by Gasteiger charge is 2.22. The van der Waals surface area contributed by atoms with Crippen LogP contribution in [0.4, 0.5) is 5.69 Å². The number of carbonyl (C=O) groups excluding carboxylic acids is 1. The second-order valence-electron chi connectivity index (χ2n) is 6.21. The van der Waals surface area contributed by atoms with Crippen LogP contribution < -0.4 is 4.72 Å². The fraction of sp³-hybridized carbons (Fsp3) is 0.100. The summed E-state index contributed by atoms with van der Waals surface area (Å²) in [5, 5.41) is 9.49. The molecule has 0 saturated carbocycles. The molecule has 1 aromatic heterocycles. The molecule has 0 amide bonds. The van der Waals surface area contributed by atoms with Crippen molar-refractivity contribution >= 4 is 38.8 Å². The van der Waals surface area contributed by atoms with Crippen LogP contribution in [0.15, 0.2) is 59.5 Å². The number of ketones is 1. The quantitative estimate of drug-likeness (QED) is 0.580. The number of rotatable bonds is 6. The number of Topliss-reactive ketones (excluding diaryl/α,β-unsaturated/α-hetero) is 1. The first-order chi connectivity index (χ1) is 13.2. The first-order valence-corrected chi connectivity index (χ1v) is 10.6. The molecule has 0 bridgehead atoms. The first-order valence-electron chi connectivity index (χ1n) is 8.25. The maximum atomic E-state index is 12.7. The minimum absolute atomic E-state index is 0.00431. The van der Waals surface area contributed by atoms with Crippen molar-refractivity contribution in [2.24, 2.45) is 0 Å². The molecule has 0 saturated heterocycles. The Labute approximate surface area is 166 Å². The number of thiophene rings is 1. The number of anilines is 1. The van der Waals surface area contributed by atoms with Gasteiger partial charge in [0.1, 0.15) is 4.88 Å². The molecule has 0 radical (unpaired) electrons. The minimum atomic E-state index is -3.93. The van der Waals surface area contributed by atoms with Crippen molar-refractivity contribution < 1.29 is 23.1 Å². The van der Waals surface area contributed by atoms with E-state index in [4.69, 9.17) is 0 Å². The van der Waals surface area contributed by atoms with Crippen LogP contribution in [0, 0.1) is 6.92 Å². The number of hydrogen-bond donors (Lipinski definition) is 2. The molecule has 0 aliphatic rings. The summed E-state index contributed by atoms with van der Waals surface area (Å²) in [4.78, 5) is 23.5. The number of carboxylic acid groups (broad SMARTS) is 1. The van der Waals surface area contributed by atoms with E-state index in [0.29, 0.717) is 16.0 Å². The van der Waals surface area contributed by atoms with Gasteiger partial charge in [0, 0.05) is 10.4 Å². The SMILES string of the molecule is CC(=O)c1ccc(-c2cc(NS(=O)(=O)c3cccc(C)c3)c(C(=O)O)s2)cc1. The van der Waals surface area contributed by atoms with Crippen LogP contribution >= 0.6 is 11.3 Å². The summed E-state index contributed by atoms with van der Waals surface area (Å²) in [5.41, 5.74) is 2.01. The van der Waals surface area contributed by atoms with Gasteiger partial charge in [0.05, 0.1) is 10.6 Å². The van der Waals surface area contributed by atoms with Gasteiger partial charge in [-0.3, -0.25) is 9.52 Å². The van der Waals surface area contributed by atoms with Crippen molar-refractivity contribution in [1.29, 1.82) is 0 Å². The van der Waals surface area contributed by atoms with E-state index in [1.165, 1.54) is 25.1 Å². The average molecular weight is 415 g/mol. The molecule has 0 atom stereocenters. The smallest absolute Gasteiger partial charge is 0.348 e. The third-order valence-electron chi connectivity index (χ3n) is 4.05. The standard InChI is InChI=1S/C20H17NO5S2/c1-12-4-3-5-16(10-12)28(25,26)21-17-11-18(27-19(17)20(23)24)15-8-6-14(7-9-15)13(2)22/h3-11,21H,1-2H3,(H,23,24). The van der Waals surface area contributed by atoms with Crippen LogP contribution in [0.3, 0.4) is 0 Å². The first kappa shape index (κ1) is 19.8. The summed E-state index contributed by atoms with van der Waals surface area (Å²) in [6, 6.07) is 14.5. The van der Waals surface area contributed by atoms with Crippen LogP contribution in [0.1, 0.15) is 32.5 Å². The molecule has 0 aliphatic carbocycles. The zero-order valence-corrected chi connectivity index (χ0v) is 16.7. The Balaban J connectivity index is 1.99. The summed E-state index contributed by atoms with van der Waals surface area (Å²) in [7, 11) is -3.93. The van der Waals surface area contributed by atoms with Gasteiger partial charge in [0.15, 0.2) is 5.78 Å². The molecule has 1 heterocycles. The predicted octanol–water partition coefficient (Wildman–Crippen LogP) is 4.43. The molecule has 0 unspecified atom stereocenters. The fourth-order valence-corrected chi connectivity index (χ4v) is 4.81. The lowest BCUT2D eigenvalue weighted by Gasteiger charge is -2.08. The Morgan fingerprint density at radius 1 is 1.04 bits per heavy atom. The Bertz CT molecular complexity index is 1160. The number of hydrogen-bond acceptors (Lipinski definition) is 5. The zero-order valence-electron chi connectivity index (χ0n) is 15.1. The summed E-state index contributed by atoms with van der Waals surface area (Å²) in [6.07, 6.45) is 0. The Kier molecular flexibility index (Phi) is 5.35. The van der Waals surface area contributed by atoms with Gasteiger partial charge in [0.25, 0.3) is 10.0 Å². The molecule has 0 spiro atoms.